The van der Waals surface area contributed by atoms with Crippen LogP contribution in [0.15, 0.2) is 0 Å². The average molecular weight is 342 g/mol. The first-order valence-electron chi connectivity index (χ1n) is 9.83. The molecule has 142 valence electrons. The van der Waals surface area contributed by atoms with Crippen LogP contribution in [0.3, 0.4) is 0 Å². The van der Waals surface area contributed by atoms with Crippen molar-refractivity contribution in [3.05, 3.63) is 0 Å². The summed E-state index contributed by atoms with van der Waals surface area (Å²) in [6.07, 6.45) is 14.4. The molecule has 4 nitrogen and oxygen atoms in total. The van der Waals surface area contributed by atoms with Gasteiger partial charge in [0.1, 0.15) is 12.1 Å². The van der Waals surface area contributed by atoms with Crippen molar-refractivity contribution in [1.82, 2.24) is 5.32 Å². The molecule has 0 radical (unpaired) electrons. The molecular formula is C20H39NO3. The van der Waals surface area contributed by atoms with Crippen molar-refractivity contribution in [3.8, 4) is 0 Å². The lowest BCUT2D eigenvalue weighted by Gasteiger charge is -2.19. The molecule has 0 aliphatic heterocycles. The number of rotatable bonds is 14. The Balaban J connectivity index is 3.36. The molecule has 0 bridgehead atoms. The number of hydrogen-bond donors (Lipinski definition) is 1. The third kappa shape index (κ3) is 17.3. The Morgan fingerprint density at radius 1 is 0.792 bits per heavy atom. The van der Waals surface area contributed by atoms with Crippen LogP contribution < -0.4 is 5.32 Å². The van der Waals surface area contributed by atoms with Crippen molar-refractivity contribution < 1.29 is 14.3 Å². The molecule has 0 aromatic heterocycles. The lowest BCUT2D eigenvalue weighted by Crippen LogP contribution is -2.34. The van der Waals surface area contributed by atoms with Gasteiger partial charge in [0, 0.05) is 6.42 Å². The lowest BCUT2D eigenvalue weighted by molar-refractivity contribution is -0.154. The molecule has 0 saturated heterocycles. The first kappa shape index (κ1) is 22.9. The van der Waals surface area contributed by atoms with Crippen molar-refractivity contribution in [1.29, 1.82) is 0 Å². The zero-order valence-corrected chi connectivity index (χ0v) is 16.4. The molecule has 0 heterocycles. The van der Waals surface area contributed by atoms with E-state index in [-0.39, 0.29) is 18.4 Å². The molecule has 0 aliphatic rings. The summed E-state index contributed by atoms with van der Waals surface area (Å²) >= 11 is 0. The number of amides is 1. The van der Waals surface area contributed by atoms with Crippen LogP contribution >= 0.6 is 0 Å². The zero-order valence-electron chi connectivity index (χ0n) is 16.4. The summed E-state index contributed by atoms with van der Waals surface area (Å²) in [5, 5.41) is 2.63. The Hall–Kier alpha value is -1.06. The molecule has 0 saturated carbocycles. The van der Waals surface area contributed by atoms with Crippen molar-refractivity contribution in [3.63, 3.8) is 0 Å². The van der Waals surface area contributed by atoms with Crippen LogP contribution in [-0.4, -0.2) is 24.0 Å². The highest BCUT2D eigenvalue weighted by Gasteiger charge is 2.16. The van der Waals surface area contributed by atoms with Gasteiger partial charge in [-0.1, -0.05) is 71.1 Å². The smallest absolute Gasteiger partial charge is 0.325 e. The normalized spacial score (nSPS) is 11.3. The van der Waals surface area contributed by atoms with E-state index < -0.39 is 5.60 Å². The van der Waals surface area contributed by atoms with E-state index in [0.29, 0.717) is 6.42 Å². The minimum Gasteiger partial charge on any atom is -0.459 e. The number of nitrogens with one attached hydrogen (secondary N) is 1. The fraction of sp³-hybridized carbons (Fsp3) is 0.900. The molecule has 1 amide bonds. The third-order valence-corrected chi connectivity index (χ3v) is 3.86. The first-order chi connectivity index (χ1) is 11.3. The number of carbonyl (C=O) groups excluding carboxylic acids is 2. The molecule has 0 aliphatic carbocycles. The summed E-state index contributed by atoms with van der Waals surface area (Å²) in [5.41, 5.74) is -0.502. The number of esters is 1. The van der Waals surface area contributed by atoms with E-state index in [1.807, 2.05) is 20.8 Å². The SMILES string of the molecule is CCCCCCCCCCCCCC(=O)NCC(=O)OC(C)(C)C. The number of ether oxygens (including phenoxy) is 1. The minimum atomic E-state index is -0.502. The topological polar surface area (TPSA) is 55.4 Å². The van der Waals surface area contributed by atoms with Gasteiger partial charge in [0.15, 0.2) is 0 Å². The predicted octanol–water partition coefficient (Wildman–Crippen LogP) is 5.15. The molecule has 0 aromatic carbocycles. The highest BCUT2D eigenvalue weighted by atomic mass is 16.6. The fourth-order valence-corrected chi connectivity index (χ4v) is 2.59. The Kier molecular flexibility index (Phi) is 13.7. The Morgan fingerprint density at radius 3 is 1.71 bits per heavy atom. The minimum absolute atomic E-state index is 0.0336. The summed E-state index contributed by atoms with van der Waals surface area (Å²) in [6, 6.07) is 0. The van der Waals surface area contributed by atoms with Gasteiger partial charge in [-0.3, -0.25) is 9.59 Å². The number of carbonyl (C=O) groups is 2. The van der Waals surface area contributed by atoms with E-state index in [1.54, 1.807) is 0 Å². The van der Waals surface area contributed by atoms with Gasteiger partial charge in [0.05, 0.1) is 0 Å². The molecule has 0 rings (SSSR count). The maximum Gasteiger partial charge on any atom is 0.325 e. The van der Waals surface area contributed by atoms with Gasteiger partial charge in [0.25, 0.3) is 0 Å². The maximum atomic E-state index is 11.7. The summed E-state index contributed by atoms with van der Waals surface area (Å²) in [7, 11) is 0. The first-order valence-corrected chi connectivity index (χ1v) is 9.83. The van der Waals surface area contributed by atoms with Crippen molar-refractivity contribution in [2.75, 3.05) is 6.54 Å². The summed E-state index contributed by atoms with van der Waals surface area (Å²) in [6.45, 7) is 7.67. The second-order valence-corrected chi connectivity index (χ2v) is 7.65. The molecule has 0 spiro atoms. The van der Waals surface area contributed by atoms with Gasteiger partial charge >= 0.3 is 5.97 Å². The van der Waals surface area contributed by atoms with Crippen molar-refractivity contribution in [2.45, 2.75) is 110 Å². The van der Waals surface area contributed by atoms with Crippen LogP contribution in [0.2, 0.25) is 0 Å². The highest BCUT2D eigenvalue weighted by Crippen LogP contribution is 2.12. The van der Waals surface area contributed by atoms with Crippen LogP contribution in [0.5, 0.6) is 0 Å². The molecular weight excluding hydrogens is 302 g/mol. The molecule has 0 fully saturated rings. The molecule has 24 heavy (non-hydrogen) atoms. The van der Waals surface area contributed by atoms with Crippen LogP contribution in [0, 0.1) is 0 Å². The van der Waals surface area contributed by atoms with Gasteiger partial charge in [0.2, 0.25) is 5.91 Å². The predicted molar refractivity (Wildman–Crippen MR) is 99.9 cm³/mol. The highest BCUT2D eigenvalue weighted by molar-refractivity contribution is 5.81. The van der Waals surface area contributed by atoms with Gasteiger partial charge in [-0.2, -0.15) is 0 Å². The standard InChI is InChI=1S/C20H39NO3/c1-5-6-7-8-9-10-11-12-13-14-15-16-18(22)21-17-19(23)24-20(2,3)4/h5-17H2,1-4H3,(H,21,22). The summed E-state index contributed by atoms with van der Waals surface area (Å²) in [4.78, 5) is 23.1. The van der Waals surface area contributed by atoms with Crippen molar-refractivity contribution >= 4 is 11.9 Å². The molecule has 0 aromatic rings. The summed E-state index contributed by atoms with van der Waals surface area (Å²) < 4.78 is 5.15. The average Bonchev–Trinajstić information content (AvgIpc) is 2.49. The molecule has 4 heteroatoms. The lowest BCUT2D eigenvalue weighted by atomic mass is 10.1. The van der Waals surface area contributed by atoms with Gasteiger partial charge < -0.3 is 10.1 Å². The largest absolute Gasteiger partial charge is 0.459 e. The van der Waals surface area contributed by atoms with Gasteiger partial charge in [-0.05, 0) is 27.2 Å². The van der Waals surface area contributed by atoms with E-state index >= 15 is 0 Å². The second-order valence-electron chi connectivity index (χ2n) is 7.65. The Bertz CT molecular complexity index is 334. The maximum absolute atomic E-state index is 11.7. The second kappa shape index (κ2) is 14.3. The monoisotopic (exact) mass is 341 g/mol. The van der Waals surface area contributed by atoms with Crippen molar-refractivity contribution in [2.24, 2.45) is 0 Å². The van der Waals surface area contributed by atoms with Crippen LogP contribution in [-0.2, 0) is 14.3 Å². The Morgan fingerprint density at radius 2 is 1.25 bits per heavy atom. The number of unbranched alkanes of at least 4 members (excludes halogenated alkanes) is 10. The fourth-order valence-electron chi connectivity index (χ4n) is 2.59. The third-order valence-electron chi connectivity index (χ3n) is 3.86. The van der Waals surface area contributed by atoms with E-state index in [2.05, 4.69) is 12.2 Å². The van der Waals surface area contributed by atoms with E-state index in [1.165, 1.54) is 57.8 Å². The molecule has 0 unspecified atom stereocenters. The van der Waals surface area contributed by atoms with E-state index in [4.69, 9.17) is 4.74 Å². The van der Waals surface area contributed by atoms with Gasteiger partial charge in [-0.15, -0.1) is 0 Å². The molecule has 0 atom stereocenters. The molecule has 1 N–H and O–H groups in total. The quantitative estimate of drug-likeness (QED) is 0.351. The van der Waals surface area contributed by atoms with E-state index in [0.717, 1.165) is 12.8 Å². The van der Waals surface area contributed by atoms with Gasteiger partial charge in [-0.25, -0.2) is 0 Å². The zero-order chi connectivity index (χ0) is 18.3. The van der Waals surface area contributed by atoms with Crippen LogP contribution in [0.4, 0.5) is 0 Å². The number of hydrogen-bond acceptors (Lipinski definition) is 3. The Labute approximate surface area is 149 Å². The summed E-state index contributed by atoms with van der Waals surface area (Å²) in [5.74, 6) is -0.438. The van der Waals surface area contributed by atoms with Crippen LogP contribution in [0.1, 0.15) is 105 Å². The van der Waals surface area contributed by atoms with E-state index in [9.17, 15) is 9.59 Å². The van der Waals surface area contributed by atoms with Crippen LogP contribution in [0.25, 0.3) is 0 Å².